The van der Waals surface area contributed by atoms with E-state index in [0.717, 1.165) is 22.3 Å². The van der Waals surface area contributed by atoms with E-state index in [9.17, 15) is 19.5 Å². The molecular weight excluding hydrogens is 420 g/mol. The van der Waals surface area contributed by atoms with Crippen molar-refractivity contribution in [2.24, 2.45) is 5.41 Å². The molecule has 0 saturated carbocycles. The zero-order chi connectivity index (χ0) is 24.2. The zero-order valence-electron chi connectivity index (χ0n) is 19.1. The lowest BCUT2D eigenvalue weighted by molar-refractivity contribution is -0.142. The average Bonchev–Trinajstić information content (AvgIpc) is 3.08. The van der Waals surface area contributed by atoms with Crippen molar-refractivity contribution in [2.45, 2.75) is 45.2 Å². The topological polar surface area (TPSA) is 105 Å². The number of hydrogen-bond acceptors (Lipinski definition) is 4. The van der Waals surface area contributed by atoms with Gasteiger partial charge >= 0.3 is 12.1 Å². The molecule has 33 heavy (non-hydrogen) atoms. The summed E-state index contributed by atoms with van der Waals surface area (Å²) in [4.78, 5) is 36.9. The van der Waals surface area contributed by atoms with Crippen molar-refractivity contribution in [3.05, 3.63) is 72.3 Å². The molecule has 2 atom stereocenters. The minimum absolute atomic E-state index is 0.0723. The Labute approximate surface area is 193 Å². The summed E-state index contributed by atoms with van der Waals surface area (Å²) in [5.74, 6) is -1.86. The molecule has 2 amide bonds. The van der Waals surface area contributed by atoms with Crippen LogP contribution in [0.1, 0.15) is 44.2 Å². The first kappa shape index (κ1) is 24.0. The summed E-state index contributed by atoms with van der Waals surface area (Å²) in [6, 6.07) is 13.9. The molecule has 3 rings (SSSR count). The third-order valence-electron chi connectivity index (χ3n) is 5.75. The van der Waals surface area contributed by atoms with E-state index in [2.05, 4.69) is 29.3 Å². The van der Waals surface area contributed by atoms with E-state index in [1.54, 1.807) is 20.8 Å². The van der Waals surface area contributed by atoms with Gasteiger partial charge in [0.25, 0.3) is 0 Å². The van der Waals surface area contributed by atoms with E-state index in [0.29, 0.717) is 0 Å². The summed E-state index contributed by atoms with van der Waals surface area (Å²) in [6.45, 7) is 8.99. The van der Waals surface area contributed by atoms with E-state index < -0.39 is 35.5 Å². The van der Waals surface area contributed by atoms with Crippen LogP contribution in [-0.2, 0) is 14.3 Å². The highest BCUT2D eigenvalue weighted by molar-refractivity contribution is 5.90. The first-order valence-electron chi connectivity index (χ1n) is 10.9. The Bertz CT molecular complexity index is 1010. The number of fused-ring (bicyclic) bond motifs is 3. The van der Waals surface area contributed by atoms with Crippen LogP contribution >= 0.6 is 0 Å². The summed E-state index contributed by atoms with van der Waals surface area (Å²) < 4.78 is 5.55. The number of hydrogen-bond donors (Lipinski definition) is 3. The van der Waals surface area contributed by atoms with E-state index in [4.69, 9.17) is 4.74 Å². The van der Waals surface area contributed by atoms with Crippen molar-refractivity contribution in [1.82, 2.24) is 10.6 Å². The smallest absolute Gasteiger partial charge is 0.407 e. The van der Waals surface area contributed by atoms with Crippen molar-refractivity contribution in [2.75, 3.05) is 6.61 Å². The summed E-state index contributed by atoms with van der Waals surface area (Å²) in [7, 11) is 0. The second-order valence-corrected chi connectivity index (χ2v) is 9.19. The van der Waals surface area contributed by atoms with Crippen LogP contribution in [-0.4, -0.2) is 41.8 Å². The predicted octanol–water partition coefficient (Wildman–Crippen LogP) is 4.09. The molecular formula is C26H30N2O5. The SMILES string of the molecule is C=CCC(NC(=O)[C@H](NC(=O)OCC1c2ccccc2-c2ccccc21)C(C)(C)C)C(=O)O. The summed E-state index contributed by atoms with van der Waals surface area (Å²) in [5, 5.41) is 14.4. The lowest BCUT2D eigenvalue weighted by Gasteiger charge is -2.31. The van der Waals surface area contributed by atoms with Crippen molar-refractivity contribution in [1.29, 1.82) is 0 Å². The van der Waals surface area contributed by atoms with Gasteiger partial charge in [-0.15, -0.1) is 6.58 Å². The second kappa shape index (κ2) is 9.90. The van der Waals surface area contributed by atoms with Crippen LogP contribution in [0.4, 0.5) is 4.79 Å². The third kappa shape index (κ3) is 5.42. The quantitative estimate of drug-likeness (QED) is 0.526. The van der Waals surface area contributed by atoms with Crippen LogP contribution in [0.2, 0.25) is 0 Å². The van der Waals surface area contributed by atoms with Gasteiger partial charge in [-0.3, -0.25) is 4.79 Å². The molecule has 0 radical (unpaired) electrons. The number of rotatable bonds is 8. The van der Waals surface area contributed by atoms with Crippen LogP contribution in [0.25, 0.3) is 11.1 Å². The first-order chi connectivity index (χ1) is 15.6. The Hall–Kier alpha value is -3.61. The molecule has 0 spiro atoms. The minimum atomic E-state index is -1.17. The average molecular weight is 451 g/mol. The van der Waals surface area contributed by atoms with E-state index >= 15 is 0 Å². The summed E-state index contributed by atoms with van der Waals surface area (Å²) >= 11 is 0. The maximum absolute atomic E-state index is 12.8. The Kier molecular flexibility index (Phi) is 7.21. The van der Waals surface area contributed by atoms with Gasteiger partial charge in [0.15, 0.2) is 0 Å². The van der Waals surface area contributed by atoms with Crippen LogP contribution in [0.3, 0.4) is 0 Å². The van der Waals surface area contributed by atoms with Crippen molar-refractivity contribution in [3.8, 4) is 11.1 Å². The molecule has 174 valence electrons. The number of amides is 2. The Morgan fingerprint density at radius 2 is 1.58 bits per heavy atom. The number of benzene rings is 2. The highest BCUT2D eigenvalue weighted by Gasteiger charge is 2.36. The Morgan fingerprint density at radius 1 is 1.03 bits per heavy atom. The lowest BCUT2D eigenvalue weighted by atomic mass is 9.86. The Balaban J connectivity index is 1.70. The van der Waals surface area contributed by atoms with Crippen LogP contribution in [0.5, 0.6) is 0 Å². The molecule has 1 aliphatic rings. The number of carbonyl (C=O) groups excluding carboxylic acids is 2. The predicted molar refractivity (Wildman–Crippen MR) is 126 cm³/mol. The number of ether oxygens (including phenoxy) is 1. The van der Waals surface area contributed by atoms with Gasteiger partial charge in [-0.25, -0.2) is 9.59 Å². The molecule has 0 aliphatic heterocycles. The standard InChI is InChI=1S/C26H30N2O5/c1-5-10-21(24(30)31)27-23(29)22(26(2,3)4)28-25(32)33-15-20-18-13-8-6-11-16(18)17-12-7-9-14-19(17)20/h5-9,11-14,20-22H,1,10,15H2,2-4H3,(H,27,29)(H,28,32)(H,30,31)/t21?,22-/m0/s1. The molecule has 0 saturated heterocycles. The van der Waals surface area contributed by atoms with Gasteiger partial charge in [0.05, 0.1) is 0 Å². The molecule has 0 aromatic heterocycles. The number of carbonyl (C=O) groups is 3. The molecule has 1 unspecified atom stereocenters. The monoisotopic (exact) mass is 450 g/mol. The third-order valence-corrected chi connectivity index (χ3v) is 5.75. The number of carboxylic acid groups (broad SMARTS) is 1. The molecule has 2 aromatic carbocycles. The van der Waals surface area contributed by atoms with E-state index in [1.165, 1.54) is 6.08 Å². The van der Waals surface area contributed by atoms with E-state index in [1.807, 2.05) is 36.4 Å². The van der Waals surface area contributed by atoms with Gasteiger partial charge in [-0.05, 0) is 34.1 Å². The van der Waals surface area contributed by atoms with Gasteiger partial charge in [-0.2, -0.15) is 0 Å². The molecule has 1 aliphatic carbocycles. The fourth-order valence-electron chi connectivity index (χ4n) is 4.08. The zero-order valence-corrected chi connectivity index (χ0v) is 19.1. The molecule has 0 bridgehead atoms. The minimum Gasteiger partial charge on any atom is -0.480 e. The highest BCUT2D eigenvalue weighted by Crippen LogP contribution is 2.44. The number of carboxylic acids is 1. The maximum atomic E-state index is 12.8. The fourth-order valence-corrected chi connectivity index (χ4v) is 4.08. The van der Waals surface area contributed by atoms with Gasteiger partial charge in [0, 0.05) is 5.92 Å². The largest absolute Gasteiger partial charge is 0.480 e. The number of nitrogens with one attached hydrogen (secondary N) is 2. The summed E-state index contributed by atoms with van der Waals surface area (Å²) in [5.41, 5.74) is 3.75. The molecule has 2 aromatic rings. The van der Waals surface area contributed by atoms with Crippen LogP contribution < -0.4 is 10.6 Å². The molecule has 7 heteroatoms. The van der Waals surface area contributed by atoms with Crippen LogP contribution in [0.15, 0.2) is 61.2 Å². The maximum Gasteiger partial charge on any atom is 0.407 e. The molecule has 7 nitrogen and oxygen atoms in total. The molecule has 0 fully saturated rings. The first-order valence-corrected chi connectivity index (χ1v) is 10.9. The molecule has 3 N–H and O–H groups in total. The van der Waals surface area contributed by atoms with Gasteiger partial charge in [0.1, 0.15) is 18.7 Å². The van der Waals surface area contributed by atoms with Crippen LogP contribution in [0, 0.1) is 5.41 Å². The molecule has 0 heterocycles. The van der Waals surface area contributed by atoms with Gasteiger partial charge < -0.3 is 20.5 Å². The van der Waals surface area contributed by atoms with Gasteiger partial charge in [0.2, 0.25) is 5.91 Å². The van der Waals surface area contributed by atoms with Crippen molar-refractivity contribution < 1.29 is 24.2 Å². The lowest BCUT2D eigenvalue weighted by Crippen LogP contribution is -2.56. The van der Waals surface area contributed by atoms with Crippen molar-refractivity contribution in [3.63, 3.8) is 0 Å². The van der Waals surface area contributed by atoms with Gasteiger partial charge in [-0.1, -0.05) is 75.4 Å². The summed E-state index contributed by atoms with van der Waals surface area (Å²) in [6.07, 6.45) is 0.759. The van der Waals surface area contributed by atoms with Crippen molar-refractivity contribution >= 4 is 18.0 Å². The second-order valence-electron chi connectivity index (χ2n) is 9.19. The van der Waals surface area contributed by atoms with E-state index in [-0.39, 0.29) is 18.9 Å². The number of aliphatic carboxylic acids is 1. The fraction of sp³-hybridized carbons (Fsp3) is 0.346. The normalized spacial score (nSPS) is 14.4. The number of alkyl carbamates (subject to hydrolysis) is 1. The Morgan fingerprint density at radius 3 is 2.06 bits per heavy atom. The highest BCUT2D eigenvalue weighted by atomic mass is 16.5.